The van der Waals surface area contributed by atoms with Crippen LogP contribution in [0.1, 0.15) is 20.9 Å². The summed E-state index contributed by atoms with van der Waals surface area (Å²) in [6.45, 7) is 2.29. The van der Waals surface area contributed by atoms with Crippen molar-refractivity contribution >= 4 is 17.2 Å². The van der Waals surface area contributed by atoms with E-state index in [1.54, 1.807) is 18.5 Å². The highest BCUT2D eigenvalue weighted by molar-refractivity contribution is 7.17. The summed E-state index contributed by atoms with van der Waals surface area (Å²) in [6.07, 6.45) is 4.08. The van der Waals surface area contributed by atoms with Crippen molar-refractivity contribution in [1.82, 2.24) is 20.3 Å². The second-order valence-electron chi connectivity index (χ2n) is 5.80. The smallest absolute Gasteiger partial charge is 0.263 e. The molecule has 3 aromatic rings. The zero-order valence-electron chi connectivity index (χ0n) is 13.6. The highest BCUT2D eigenvalue weighted by Gasteiger charge is 2.24. The topological polar surface area (TPSA) is 77.0 Å². The number of carbonyl (C=O) groups excluding carboxylic acids is 1. The largest absolute Gasteiger partial charge is 0.491 e. The molecule has 1 aromatic carbocycles. The highest BCUT2D eigenvalue weighted by atomic mass is 32.1. The van der Waals surface area contributed by atoms with Gasteiger partial charge >= 0.3 is 0 Å². The molecule has 25 heavy (non-hydrogen) atoms. The fraction of sp³-hybridized carbons (Fsp3) is 0.222. The maximum Gasteiger partial charge on any atom is 0.263 e. The number of para-hydroxylation sites is 1. The molecule has 6 nitrogen and oxygen atoms in total. The maximum atomic E-state index is 12.7. The fourth-order valence-electron chi connectivity index (χ4n) is 2.78. The number of amides is 1. The standard InChI is InChI=1S/C18H16N4O2S/c1-11-15(25-18(21-11)16-19-7-4-8-20-16)17(23)22-13-9-12-5-2-3-6-14(12)24-10-13/h2-8,13H,9-10H2,1H3,(H,22,23). The van der Waals surface area contributed by atoms with E-state index in [0.29, 0.717) is 28.0 Å². The zero-order chi connectivity index (χ0) is 17.2. The monoisotopic (exact) mass is 352 g/mol. The van der Waals surface area contributed by atoms with Crippen molar-refractivity contribution in [3.63, 3.8) is 0 Å². The van der Waals surface area contributed by atoms with E-state index in [9.17, 15) is 4.79 Å². The van der Waals surface area contributed by atoms with Crippen LogP contribution in [0.25, 0.3) is 10.8 Å². The number of ether oxygens (including phenoxy) is 1. The van der Waals surface area contributed by atoms with Crippen molar-refractivity contribution in [1.29, 1.82) is 0 Å². The minimum absolute atomic E-state index is 0.0553. The molecule has 0 saturated carbocycles. The lowest BCUT2D eigenvalue weighted by Gasteiger charge is -2.25. The first-order valence-corrected chi connectivity index (χ1v) is 8.79. The molecule has 0 bridgehead atoms. The fourth-order valence-corrected chi connectivity index (χ4v) is 3.70. The molecule has 0 fully saturated rings. The third-order valence-corrected chi connectivity index (χ3v) is 5.13. The molecule has 0 aliphatic carbocycles. The van der Waals surface area contributed by atoms with E-state index in [4.69, 9.17) is 4.74 Å². The van der Waals surface area contributed by atoms with E-state index < -0.39 is 0 Å². The molecule has 1 amide bonds. The van der Waals surface area contributed by atoms with E-state index in [0.717, 1.165) is 17.7 Å². The average molecular weight is 352 g/mol. The number of aromatic nitrogens is 3. The van der Waals surface area contributed by atoms with Gasteiger partial charge in [-0.2, -0.15) is 0 Å². The van der Waals surface area contributed by atoms with Gasteiger partial charge < -0.3 is 10.1 Å². The molecule has 126 valence electrons. The van der Waals surface area contributed by atoms with Crippen LogP contribution in [0.3, 0.4) is 0 Å². The molecule has 3 heterocycles. The molecule has 1 aliphatic heterocycles. The van der Waals surface area contributed by atoms with Crippen LogP contribution in [0.4, 0.5) is 0 Å². The van der Waals surface area contributed by atoms with E-state index in [1.807, 2.05) is 31.2 Å². The Balaban J connectivity index is 1.50. The normalized spacial score (nSPS) is 16.0. The van der Waals surface area contributed by atoms with Crippen LogP contribution in [0.2, 0.25) is 0 Å². The Labute approximate surface area is 148 Å². The predicted molar refractivity (Wildman–Crippen MR) is 94.8 cm³/mol. The van der Waals surface area contributed by atoms with Gasteiger partial charge in [-0.05, 0) is 31.0 Å². The number of nitrogens with zero attached hydrogens (tertiary/aromatic N) is 3. The average Bonchev–Trinajstić information content (AvgIpc) is 3.04. The van der Waals surface area contributed by atoms with Gasteiger partial charge in [-0.3, -0.25) is 4.79 Å². The van der Waals surface area contributed by atoms with E-state index in [-0.39, 0.29) is 11.9 Å². The van der Waals surface area contributed by atoms with Gasteiger partial charge in [0.15, 0.2) is 10.8 Å². The molecule has 2 aromatic heterocycles. The van der Waals surface area contributed by atoms with Crippen molar-refractivity contribution < 1.29 is 9.53 Å². The first-order chi connectivity index (χ1) is 12.2. The SMILES string of the molecule is Cc1nc(-c2ncccn2)sc1C(=O)NC1COc2ccccc2C1. The second-order valence-corrected chi connectivity index (χ2v) is 6.80. The number of hydrogen-bond acceptors (Lipinski definition) is 6. The summed E-state index contributed by atoms with van der Waals surface area (Å²) in [5.74, 6) is 1.29. The van der Waals surface area contributed by atoms with E-state index in [1.165, 1.54) is 11.3 Å². The quantitative estimate of drug-likeness (QED) is 0.784. The highest BCUT2D eigenvalue weighted by Crippen LogP contribution is 2.27. The van der Waals surface area contributed by atoms with Gasteiger partial charge in [0.1, 0.15) is 17.2 Å². The number of rotatable bonds is 3. The number of benzene rings is 1. The van der Waals surface area contributed by atoms with Crippen molar-refractivity contribution in [3.05, 3.63) is 58.9 Å². The molecule has 0 saturated heterocycles. The molecular weight excluding hydrogens is 336 g/mol. The molecule has 1 N–H and O–H groups in total. The van der Waals surface area contributed by atoms with Crippen LogP contribution in [0.5, 0.6) is 5.75 Å². The molecule has 1 aliphatic rings. The number of carbonyl (C=O) groups is 1. The zero-order valence-corrected chi connectivity index (χ0v) is 14.4. The molecule has 1 atom stereocenters. The predicted octanol–water partition coefficient (Wildman–Crippen LogP) is 2.64. The van der Waals surface area contributed by atoms with Crippen LogP contribution in [-0.4, -0.2) is 33.5 Å². The van der Waals surface area contributed by atoms with Gasteiger partial charge in [0.25, 0.3) is 5.91 Å². The van der Waals surface area contributed by atoms with E-state index >= 15 is 0 Å². The lowest BCUT2D eigenvalue weighted by molar-refractivity contribution is 0.0918. The van der Waals surface area contributed by atoms with Crippen LogP contribution in [0, 0.1) is 6.92 Å². The van der Waals surface area contributed by atoms with Crippen LogP contribution < -0.4 is 10.1 Å². The van der Waals surface area contributed by atoms with E-state index in [2.05, 4.69) is 20.3 Å². The van der Waals surface area contributed by atoms with Gasteiger partial charge in [-0.1, -0.05) is 18.2 Å². The Morgan fingerprint density at radius 1 is 1.24 bits per heavy atom. The third-order valence-electron chi connectivity index (χ3n) is 3.97. The Morgan fingerprint density at radius 2 is 2.04 bits per heavy atom. The Kier molecular flexibility index (Phi) is 4.15. The number of hydrogen-bond donors (Lipinski definition) is 1. The number of nitrogens with one attached hydrogen (secondary N) is 1. The molecule has 0 radical (unpaired) electrons. The molecule has 7 heteroatoms. The summed E-state index contributed by atoms with van der Waals surface area (Å²) in [5.41, 5.74) is 1.79. The molecule has 4 rings (SSSR count). The summed E-state index contributed by atoms with van der Waals surface area (Å²) in [7, 11) is 0. The van der Waals surface area contributed by atoms with Gasteiger partial charge in [0, 0.05) is 12.4 Å². The van der Waals surface area contributed by atoms with Gasteiger partial charge in [0.2, 0.25) is 0 Å². The Morgan fingerprint density at radius 3 is 2.88 bits per heavy atom. The minimum Gasteiger partial charge on any atom is -0.491 e. The maximum absolute atomic E-state index is 12.7. The number of aryl methyl sites for hydroxylation is 1. The Bertz CT molecular complexity index is 910. The lowest BCUT2D eigenvalue weighted by atomic mass is 10.0. The summed E-state index contributed by atoms with van der Waals surface area (Å²) in [6, 6.07) is 9.60. The first kappa shape index (κ1) is 15.7. The summed E-state index contributed by atoms with van der Waals surface area (Å²) < 4.78 is 5.73. The molecular formula is C18H16N4O2S. The lowest BCUT2D eigenvalue weighted by Crippen LogP contribution is -2.42. The Hall–Kier alpha value is -2.80. The van der Waals surface area contributed by atoms with Gasteiger partial charge in [-0.15, -0.1) is 11.3 Å². The van der Waals surface area contributed by atoms with Crippen molar-refractivity contribution in [2.75, 3.05) is 6.61 Å². The minimum atomic E-state index is -0.134. The summed E-state index contributed by atoms with van der Waals surface area (Å²) in [4.78, 5) is 26.0. The van der Waals surface area contributed by atoms with Crippen LogP contribution >= 0.6 is 11.3 Å². The number of fused-ring (bicyclic) bond motifs is 1. The number of thiazole rings is 1. The summed E-state index contributed by atoms with van der Waals surface area (Å²) in [5, 5.41) is 3.69. The summed E-state index contributed by atoms with van der Waals surface area (Å²) >= 11 is 1.31. The third kappa shape index (κ3) is 3.23. The van der Waals surface area contributed by atoms with Crippen molar-refractivity contribution in [2.45, 2.75) is 19.4 Å². The molecule has 1 unspecified atom stereocenters. The second kappa shape index (κ2) is 6.60. The molecule has 0 spiro atoms. The van der Waals surface area contributed by atoms with Gasteiger partial charge in [-0.25, -0.2) is 15.0 Å². The van der Waals surface area contributed by atoms with Gasteiger partial charge in [0.05, 0.1) is 11.7 Å². The van der Waals surface area contributed by atoms with Crippen molar-refractivity contribution in [2.24, 2.45) is 0 Å². The van der Waals surface area contributed by atoms with Crippen LogP contribution in [-0.2, 0) is 6.42 Å². The van der Waals surface area contributed by atoms with Crippen molar-refractivity contribution in [3.8, 4) is 16.6 Å². The first-order valence-electron chi connectivity index (χ1n) is 7.97. The van der Waals surface area contributed by atoms with Crippen LogP contribution in [0.15, 0.2) is 42.7 Å².